The Kier molecular flexibility index (Phi) is 55.6. The van der Waals surface area contributed by atoms with Crippen molar-refractivity contribution in [1.29, 1.82) is 0 Å². The van der Waals surface area contributed by atoms with E-state index >= 15 is 0 Å². The molecule has 3 aliphatic heterocycles. The molecular weight excluding hydrogens is 1260 g/mol. The normalized spacial score (nSPS) is 26.9. The fourth-order valence-corrected chi connectivity index (χ4v) is 13.3. The zero-order valence-electron chi connectivity index (χ0n) is 61.7. The van der Waals surface area contributed by atoms with E-state index in [1.54, 1.807) is 6.08 Å². The van der Waals surface area contributed by atoms with Gasteiger partial charge in [-0.05, 0) is 77.0 Å². The Labute approximate surface area is 598 Å². The van der Waals surface area contributed by atoms with Crippen LogP contribution >= 0.6 is 0 Å². The summed E-state index contributed by atoms with van der Waals surface area (Å²) >= 11 is 0. The quantitative estimate of drug-likeness (QED) is 0.0199. The minimum atomic E-state index is -1.98. The molecule has 0 aromatic heterocycles. The molecular formula is C80H145NO18. The third-order valence-corrected chi connectivity index (χ3v) is 19.8. The van der Waals surface area contributed by atoms with E-state index in [2.05, 4.69) is 67.8 Å². The van der Waals surface area contributed by atoms with Gasteiger partial charge in [-0.3, -0.25) is 4.79 Å². The molecule has 3 aliphatic rings. The molecule has 0 aromatic rings. The molecule has 3 heterocycles. The number of aliphatic hydroxyl groups is 11. The van der Waals surface area contributed by atoms with Gasteiger partial charge in [0.1, 0.15) is 73.2 Å². The van der Waals surface area contributed by atoms with E-state index in [-0.39, 0.29) is 18.9 Å². The molecule has 3 rings (SSSR count). The highest BCUT2D eigenvalue weighted by Gasteiger charge is 2.54. The van der Waals surface area contributed by atoms with E-state index in [4.69, 9.17) is 28.4 Å². The van der Waals surface area contributed by atoms with E-state index in [0.717, 1.165) is 51.4 Å². The van der Waals surface area contributed by atoms with Gasteiger partial charge in [-0.15, -0.1) is 0 Å². The van der Waals surface area contributed by atoms with Crippen molar-refractivity contribution in [1.82, 2.24) is 5.32 Å². The first-order chi connectivity index (χ1) is 48.3. The Hall–Kier alpha value is -2.51. The number of carbonyl (C=O) groups excluding carboxylic acids is 1. The van der Waals surface area contributed by atoms with E-state index in [1.165, 1.54) is 225 Å². The van der Waals surface area contributed by atoms with Crippen molar-refractivity contribution in [3.63, 3.8) is 0 Å². The number of ether oxygens (including phenoxy) is 6. The molecule has 19 nitrogen and oxygen atoms in total. The van der Waals surface area contributed by atoms with Crippen molar-refractivity contribution in [2.24, 2.45) is 0 Å². The fraction of sp³-hybridized carbons (Fsp3) is 0.863. The largest absolute Gasteiger partial charge is 0.394 e. The lowest BCUT2D eigenvalue weighted by Gasteiger charge is -2.48. The van der Waals surface area contributed by atoms with Gasteiger partial charge in [-0.2, -0.15) is 0 Å². The van der Waals surface area contributed by atoms with Crippen LogP contribution in [0.1, 0.15) is 309 Å². The van der Waals surface area contributed by atoms with Crippen molar-refractivity contribution < 1.29 is 89.4 Å². The number of allylic oxidation sites excluding steroid dienone is 9. The van der Waals surface area contributed by atoms with Gasteiger partial charge in [0.2, 0.25) is 5.91 Å². The summed E-state index contributed by atoms with van der Waals surface area (Å²) in [5.41, 5.74) is 0. The van der Waals surface area contributed by atoms with Crippen molar-refractivity contribution >= 4 is 5.91 Å². The molecule has 17 atom stereocenters. The van der Waals surface area contributed by atoms with Crippen LogP contribution in [0.5, 0.6) is 0 Å². The van der Waals surface area contributed by atoms with E-state index < -0.39 is 124 Å². The molecule has 17 unspecified atom stereocenters. The second-order valence-electron chi connectivity index (χ2n) is 28.5. The Morgan fingerprint density at radius 1 is 0.364 bits per heavy atom. The van der Waals surface area contributed by atoms with Gasteiger partial charge in [-0.1, -0.05) is 286 Å². The second-order valence-corrected chi connectivity index (χ2v) is 28.5. The van der Waals surface area contributed by atoms with Crippen LogP contribution in [0.15, 0.2) is 60.8 Å². The SMILES string of the molecule is CCCCC/C=C/CC/C=C/CC/C=C/C(O)C(COC1OC(CO)C(OC2OC(CO)C(OC3OC(CO)C(O)C(O)C3O)C(O)C2O)C(O)C1O)NC(=O)CCCCCCCCCCCCCCCCCCCCCCCCCCCCCCC/C=C\C/C=C\CCCCCCC. The zero-order chi connectivity index (χ0) is 71.8. The molecule has 0 aromatic carbocycles. The first-order valence-electron chi connectivity index (χ1n) is 40.0. The molecule has 12 N–H and O–H groups in total. The van der Waals surface area contributed by atoms with Crippen LogP contribution in [0.2, 0.25) is 0 Å². The van der Waals surface area contributed by atoms with E-state index in [1.807, 2.05) is 6.08 Å². The summed E-state index contributed by atoms with van der Waals surface area (Å²) in [4.78, 5) is 13.4. The van der Waals surface area contributed by atoms with Crippen LogP contribution in [0.3, 0.4) is 0 Å². The van der Waals surface area contributed by atoms with Crippen molar-refractivity contribution in [2.45, 2.75) is 413 Å². The molecule has 19 heteroatoms. The average molecular weight is 1410 g/mol. The van der Waals surface area contributed by atoms with Crippen LogP contribution in [-0.4, -0.2) is 193 Å². The monoisotopic (exact) mass is 1410 g/mol. The Morgan fingerprint density at radius 3 is 1.09 bits per heavy atom. The predicted molar refractivity (Wildman–Crippen MR) is 392 cm³/mol. The summed E-state index contributed by atoms with van der Waals surface area (Å²) in [7, 11) is 0. The van der Waals surface area contributed by atoms with Gasteiger partial charge < -0.3 is 89.9 Å². The molecule has 578 valence electrons. The minimum absolute atomic E-state index is 0.234. The van der Waals surface area contributed by atoms with Crippen molar-refractivity contribution in [3.05, 3.63) is 60.8 Å². The standard InChI is InChI=1S/C80H145NO18/c1-3-5-7-9-11-13-15-17-18-19-20-21-22-23-24-25-26-27-28-29-30-31-32-33-34-35-36-37-38-39-40-41-42-43-44-46-48-50-52-54-56-58-68(86)81-63(64(85)57-55-53-51-49-47-45-16-14-12-10-8-6-4-2)62-94-78-74(92)71(89)76(66(60-83)96-78)99-80-75(93)72(90)77(67(61-84)97-80)98-79-73(91)70(88)69(87)65(59-82)95-79/h12,14-15,17,19-20,47,49,55,57,63-67,69-80,82-85,87-93H,3-11,13,16,18,21-46,48,50-54,56,58-62H2,1-2H3,(H,81,86)/b14-12+,17-15-,20-19-,49-47+,57-55+. The van der Waals surface area contributed by atoms with Gasteiger partial charge in [0.05, 0.1) is 38.6 Å². The van der Waals surface area contributed by atoms with Gasteiger partial charge >= 0.3 is 0 Å². The van der Waals surface area contributed by atoms with Crippen LogP contribution in [0, 0.1) is 0 Å². The van der Waals surface area contributed by atoms with Crippen LogP contribution in [0.4, 0.5) is 0 Å². The average Bonchev–Trinajstić information content (AvgIpc) is 0.784. The molecule has 3 fully saturated rings. The second kappa shape index (κ2) is 60.7. The van der Waals surface area contributed by atoms with Gasteiger partial charge in [0.25, 0.3) is 0 Å². The van der Waals surface area contributed by atoms with Gasteiger partial charge in [-0.25, -0.2) is 0 Å². The molecule has 1 amide bonds. The summed E-state index contributed by atoms with van der Waals surface area (Å²) in [6, 6.07) is -0.996. The number of nitrogens with one attached hydrogen (secondary N) is 1. The highest BCUT2D eigenvalue weighted by atomic mass is 16.8. The molecule has 0 saturated carbocycles. The Balaban J connectivity index is 1.27. The number of carbonyl (C=O) groups is 1. The maximum atomic E-state index is 13.4. The lowest BCUT2D eigenvalue weighted by molar-refractivity contribution is -0.379. The summed E-state index contributed by atoms with van der Waals surface area (Å²) in [6.45, 7) is 1.67. The number of hydrogen-bond acceptors (Lipinski definition) is 18. The summed E-state index contributed by atoms with van der Waals surface area (Å²) in [5.74, 6) is -0.287. The molecule has 0 bridgehead atoms. The number of amides is 1. The highest BCUT2D eigenvalue weighted by Crippen LogP contribution is 2.33. The number of aliphatic hydroxyl groups excluding tert-OH is 11. The lowest BCUT2D eigenvalue weighted by Crippen LogP contribution is -2.66. The van der Waals surface area contributed by atoms with Crippen LogP contribution in [0.25, 0.3) is 0 Å². The number of rotatable bonds is 63. The van der Waals surface area contributed by atoms with E-state index in [9.17, 15) is 61.0 Å². The summed E-state index contributed by atoms with van der Waals surface area (Å²) in [6.07, 6.45) is 51.2. The minimum Gasteiger partial charge on any atom is -0.394 e. The molecule has 3 saturated heterocycles. The van der Waals surface area contributed by atoms with Crippen molar-refractivity contribution in [2.75, 3.05) is 26.4 Å². The smallest absolute Gasteiger partial charge is 0.220 e. The van der Waals surface area contributed by atoms with Gasteiger partial charge in [0.15, 0.2) is 18.9 Å². The zero-order valence-corrected chi connectivity index (χ0v) is 61.7. The number of hydrogen-bond donors (Lipinski definition) is 12. The summed E-state index contributed by atoms with van der Waals surface area (Å²) < 4.78 is 34.3. The molecule has 0 aliphatic carbocycles. The van der Waals surface area contributed by atoms with Crippen LogP contribution < -0.4 is 5.32 Å². The van der Waals surface area contributed by atoms with Gasteiger partial charge in [0, 0.05) is 6.42 Å². The Morgan fingerprint density at radius 2 is 0.677 bits per heavy atom. The maximum absolute atomic E-state index is 13.4. The third kappa shape index (κ3) is 41.1. The first kappa shape index (κ1) is 90.7. The Bertz CT molecular complexity index is 2020. The predicted octanol–water partition coefficient (Wildman–Crippen LogP) is 13.1. The van der Waals surface area contributed by atoms with Crippen molar-refractivity contribution in [3.8, 4) is 0 Å². The van der Waals surface area contributed by atoms with Crippen LogP contribution in [-0.2, 0) is 33.2 Å². The fourth-order valence-electron chi connectivity index (χ4n) is 13.3. The third-order valence-electron chi connectivity index (χ3n) is 19.8. The summed E-state index contributed by atoms with van der Waals surface area (Å²) in [5, 5.41) is 120. The first-order valence-corrected chi connectivity index (χ1v) is 40.0. The number of unbranched alkanes of at least 4 members (excludes halogenated alkanes) is 39. The van der Waals surface area contributed by atoms with E-state index in [0.29, 0.717) is 12.8 Å². The maximum Gasteiger partial charge on any atom is 0.220 e. The lowest BCUT2D eigenvalue weighted by atomic mass is 9.96. The topological polar surface area (TPSA) is 307 Å². The highest BCUT2D eigenvalue weighted by molar-refractivity contribution is 5.76. The molecule has 0 spiro atoms. The molecule has 0 radical (unpaired) electrons. The molecule has 99 heavy (non-hydrogen) atoms.